The summed E-state index contributed by atoms with van der Waals surface area (Å²) >= 11 is 0. The molecule has 0 aliphatic heterocycles. The van der Waals surface area contributed by atoms with Crippen LogP contribution < -0.4 is 5.32 Å². The van der Waals surface area contributed by atoms with E-state index in [1.54, 1.807) is 10.7 Å². The van der Waals surface area contributed by atoms with Crippen LogP contribution in [0.15, 0.2) is 12.3 Å². The van der Waals surface area contributed by atoms with Crippen LogP contribution in [0.4, 0.5) is 0 Å². The average Bonchev–Trinajstić information content (AvgIpc) is 2.90. The summed E-state index contributed by atoms with van der Waals surface area (Å²) in [4.78, 5) is 20.3. The van der Waals surface area contributed by atoms with Gasteiger partial charge in [0, 0.05) is 25.0 Å². The molecule has 0 radical (unpaired) electrons. The molecule has 2 heterocycles. The Morgan fingerprint density at radius 3 is 2.95 bits per heavy atom. The van der Waals surface area contributed by atoms with Crippen molar-refractivity contribution >= 4 is 11.7 Å². The molecule has 2 aromatic heterocycles. The van der Waals surface area contributed by atoms with Crippen LogP contribution >= 0.6 is 0 Å². The normalized spacial score (nSPS) is 12.5. The monoisotopic (exact) mass is 291 g/mol. The second-order valence-corrected chi connectivity index (χ2v) is 5.11. The Labute approximate surface area is 123 Å². The highest BCUT2D eigenvalue weighted by Gasteiger charge is 2.16. The third-order valence-electron chi connectivity index (χ3n) is 3.42. The second kappa shape index (κ2) is 7.12. The summed E-state index contributed by atoms with van der Waals surface area (Å²) in [6.07, 6.45) is 4.32. The van der Waals surface area contributed by atoms with E-state index in [9.17, 15) is 4.79 Å². The predicted octanol–water partition coefficient (Wildman–Crippen LogP) is 0.961. The molecule has 0 saturated carbocycles. The average molecular weight is 291 g/mol. The van der Waals surface area contributed by atoms with Gasteiger partial charge in [-0.05, 0) is 31.7 Å². The molecule has 0 aromatic carbocycles. The Bertz CT molecular complexity index is 604. The minimum absolute atomic E-state index is 0.121. The Morgan fingerprint density at radius 2 is 2.29 bits per heavy atom. The molecule has 0 saturated heterocycles. The van der Waals surface area contributed by atoms with E-state index in [0.29, 0.717) is 18.7 Å². The first-order chi connectivity index (χ1) is 10.2. The lowest BCUT2D eigenvalue weighted by Crippen LogP contribution is -2.30. The molecule has 114 valence electrons. The van der Waals surface area contributed by atoms with Gasteiger partial charge in [-0.15, -0.1) is 5.10 Å². The lowest BCUT2D eigenvalue weighted by atomic mass is 10.0. The van der Waals surface area contributed by atoms with Crippen LogP contribution in [0.3, 0.4) is 0 Å². The minimum Gasteiger partial charge on any atom is -0.396 e. The molecule has 1 atom stereocenters. The number of amides is 1. The summed E-state index contributed by atoms with van der Waals surface area (Å²) in [5.74, 6) is 0.511. The van der Waals surface area contributed by atoms with Gasteiger partial charge in [-0.3, -0.25) is 4.79 Å². The molecule has 7 heteroatoms. The number of aliphatic hydroxyl groups is 1. The number of carbonyl (C=O) groups excluding carboxylic acids is 1. The lowest BCUT2D eigenvalue weighted by molar-refractivity contribution is 0.0932. The first-order valence-electron chi connectivity index (χ1n) is 7.23. The molecule has 0 spiro atoms. The Balaban J connectivity index is 2.03. The van der Waals surface area contributed by atoms with Crippen LogP contribution in [-0.2, 0) is 0 Å². The predicted molar refractivity (Wildman–Crippen MR) is 78.0 cm³/mol. The van der Waals surface area contributed by atoms with Gasteiger partial charge in [0.1, 0.15) is 0 Å². The highest BCUT2D eigenvalue weighted by atomic mass is 16.3. The van der Waals surface area contributed by atoms with Crippen molar-refractivity contribution in [2.45, 2.75) is 33.1 Å². The smallest absolute Gasteiger partial charge is 0.291 e. The van der Waals surface area contributed by atoms with Crippen molar-refractivity contribution in [2.24, 2.45) is 5.92 Å². The number of hydrogen-bond acceptors (Lipinski definition) is 5. The van der Waals surface area contributed by atoms with Crippen molar-refractivity contribution in [1.82, 2.24) is 24.9 Å². The van der Waals surface area contributed by atoms with Crippen molar-refractivity contribution in [1.29, 1.82) is 0 Å². The zero-order valence-electron chi connectivity index (χ0n) is 12.4. The fourth-order valence-corrected chi connectivity index (χ4v) is 2.26. The maximum atomic E-state index is 12.1. The van der Waals surface area contributed by atoms with E-state index in [1.807, 2.05) is 13.0 Å². The van der Waals surface area contributed by atoms with Crippen molar-refractivity contribution in [2.75, 3.05) is 13.2 Å². The molecule has 1 unspecified atom stereocenters. The molecular weight excluding hydrogens is 270 g/mol. The number of rotatable bonds is 7. The summed E-state index contributed by atoms with van der Waals surface area (Å²) in [6.45, 7) is 4.62. The standard InChI is InChI=1S/C14H21N5O2/c1-3-4-11(6-8-20)9-16-13(21)12-17-14-15-7-5-10(2)19(14)18-12/h5,7,11,20H,3-4,6,8-9H2,1-2H3,(H,16,21). The van der Waals surface area contributed by atoms with Crippen molar-refractivity contribution in [3.63, 3.8) is 0 Å². The van der Waals surface area contributed by atoms with Gasteiger partial charge in [0.25, 0.3) is 11.7 Å². The van der Waals surface area contributed by atoms with Gasteiger partial charge in [-0.2, -0.15) is 4.98 Å². The largest absolute Gasteiger partial charge is 0.396 e. The third-order valence-corrected chi connectivity index (χ3v) is 3.42. The molecule has 1 amide bonds. The number of aryl methyl sites for hydroxylation is 1. The van der Waals surface area contributed by atoms with Gasteiger partial charge in [-0.25, -0.2) is 9.50 Å². The fraction of sp³-hybridized carbons (Fsp3) is 0.571. The van der Waals surface area contributed by atoms with Gasteiger partial charge in [0.15, 0.2) is 0 Å². The van der Waals surface area contributed by atoms with Crippen LogP contribution in [0.5, 0.6) is 0 Å². The van der Waals surface area contributed by atoms with E-state index in [1.165, 1.54) is 0 Å². The van der Waals surface area contributed by atoms with E-state index in [4.69, 9.17) is 5.11 Å². The van der Waals surface area contributed by atoms with Crippen LogP contribution in [0.2, 0.25) is 0 Å². The maximum Gasteiger partial charge on any atom is 0.291 e. The van der Waals surface area contributed by atoms with Crippen molar-refractivity contribution < 1.29 is 9.90 Å². The van der Waals surface area contributed by atoms with Crippen LogP contribution in [0.25, 0.3) is 5.78 Å². The number of nitrogens with zero attached hydrogens (tertiary/aromatic N) is 4. The summed E-state index contributed by atoms with van der Waals surface area (Å²) in [5.41, 5.74) is 0.871. The van der Waals surface area contributed by atoms with Crippen molar-refractivity contribution in [3.8, 4) is 0 Å². The molecule has 0 aliphatic rings. The molecule has 21 heavy (non-hydrogen) atoms. The molecule has 0 fully saturated rings. The van der Waals surface area contributed by atoms with Crippen LogP contribution in [-0.4, -0.2) is 43.7 Å². The number of aliphatic hydroxyl groups excluding tert-OH is 1. The Hall–Kier alpha value is -2.02. The zero-order chi connectivity index (χ0) is 15.2. The summed E-state index contributed by atoms with van der Waals surface area (Å²) in [7, 11) is 0. The molecule has 2 N–H and O–H groups in total. The molecule has 2 aromatic rings. The topological polar surface area (TPSA) is 92.4 Å². The third kappa shape index (κ3) is 3.75. The number of hydrogen-bond donors (Lipinski definition) is 2. The summed E-state index contributed by atoms with van der Waals surface area (Å²) in [6, 6.07) is 1.81. The number of nitrogens with one attached hydrogen (secondary N) is 1. The summed E-state index contributed by atoms with van der Waals surface area (Å²) in [5, 5.41) is 16.0. The zero-order valence-corrected chi connectivity index (χ0v) is 12.4. The first kappa shape index (κ1) is 15.4. The molecule has 7 nitrogen and oxygen atoms in total. The van der Waals surface area contributed by atoms with Crippen molar-refractivity contribution in [3.05, 3.63) is 23.8 Å². The second-order valence-electron chi connectivity index (χ2n) is 5.11. The molecule has 0 bridgehead atoms. The highest BCUT2D eigenvalue weighted by Crippen LogP contribution is 2.09. The van der Waals surface area contributed by atoms with E-state index in [2.05, 4.69) is 27.3 Å². The number of fused-ring (bicyclic) bond motifs is 1. The first-order valence-corrected chi connectivity index (χ1v) is 7.23. The van der Waals surface area contributed by atoms with E-state index in [0.717, 1.165) is 18.5 Å². The molecular formula is C14H21N5O2. The maximum absolute atomic E-state index is 12.1. The van der Waals surface area contributed by atoms with Gasteiger partial charge >= 0.3 is 0 Å². The van der Waals surface area contributed by atoms with Crippen LogP contribution in [0.1, 0.15) is 42.5 Å². The van der Waals surface area contributed by atoms with Gasteiger partial charge in [0.05, 0.1) is 0 Å². The minimum atomic E-state index is -0.307. The molecule has 0 aliphatic carbocycles. The molecule has 2 rings (SSSR count). The quantitative estimate of drug-likeness (QED) is 0.792. The lowest BCUT2D eigenvalue weighted by Gasteiger charge is -2.14. The van der Waals surface area contributed by atoms with E-state index < -0.39 is 0 Å². The Morgan fingerprint density at radius 1 is 1.48 bits per heavy atom. The Kier molecular flexibility index (Phi) is 5.21. The highest BCUT2D eigenvalue weighted by molar-refractivity contribution is 5.90. The van der Waals surface area contributed by atoms with Crippen LogP contribution in [0, 0.1) is 12.8 Å². The van der Waals surface area contributed by atoms with E-state index >= 15 is 0 Å². The van der Waals surface area contributed by atoms with Gasteiger partial charge in [-0.1, -0.05) is 13.3 Å². The fourth-order valence-electron chi connectivity index (χ4n) is 2.26. The van der Waals surface area contributed by atoms with E-state index in [-0.39, 0.29) is 24.3 Å². The summed E-state index contributed by atoms with van der Waals surface area (Å²) < 4.78 is 1.55. The number of aromatic nitrogens is 4. The van der Waals surface area contributed by atoms with Gasteiger partial charge in [0.2, 0.25) is 5.82 Å². The SMILES string of the molecule is CCCC(CCO)CNC(=O)c1nc2nccc(C)n2n1. The van der Waals surface area contributed by atoms with Gasteiger partial charge < -0.3 is 10.4 Å². The number of carbonyl (C=O) groups is 1.